The van der Waals surface area contributed by atoms with Gasteiger partial charge < -0.3 is 5.32 Å². The van der Waals surface area contributed by atoms with E-state index in [1.807, 2.05) is 19.1 Å². The van der Waals surface area contributed by atoms with E-state index >= 15 is 0 Å². The summed E-state index contributed by atoms with van der Waals surface area (Å²) in [6.07, 6.45) is 0. The third-order valence-corrected chi connectivity index (χ3v) is 2.08. The molecule has 0 atom stereocenters. The highest BCUT2D eigenvalue weighted by Gasteiger charge is 2.12. The molecule has 0 fully saturated rings. The lowest BCUT2D eigenvalue weighted by Crippen LogP contribution is -2.20. The molecule has 1 amide bonds. The van der Waals surface area contributed by atoms with Gasteiger partial charge in [-0.05, 0) is 19.1 Å². The molecule has 0 saturated carbocycles. The van der Waals surface area contributed by atoms with Gasteiger partial charge in [0.15, 0.2) is 0 Å². The van der Waals surface area contributed by atoms with Gasteiger partial charge in [-0.25, -0.2) is 10.3 Å². The van der Waals surface area contributed by atoms with Crippen LogP contribution in [-0.4, -0.2) is 21.3 Å². The third kappa shape index (κ3) is 2.00. The minimum absolute atomic E-state index is 0.180. The SMILES string of the molecule is Cc1ccc(NC(=O)c2n[nH][nH]c2=O)cc1. The maximum Gasteiger partial charge on any atom is 0.297 e. The average molecular weight is 218 g/mol. The van der Waals surface area contributed by atoms with E-state index in [1.165, 1.54) is 0 Å². The van der Waals surface area contributed by atoms with Crippen molar-refractivity contribution >= 4 is 11.6 Å². The Hall–Kier alpha value is -2.37. The van der Waals surface area contributed by atoms with E-state index in [9.17, 15) is 9.59 Å². The second kappa shape index (κ2) is 4.01. The third-order valence-electron chi connectivity index (χ3n) is 2.08. The highest BCUT2D eigenvalue weighted by atomic mass is 16.2. The smallest absolute Gasteiger partial charge is 0.297 e. The molecule has 0 radical (unpaired) electrons. The molecule has 2 aromatic rings. The molecule has 0 unspecified atom stereocenters. The van der Waals surface area contributed by atoms with Gasteiger partial charge in [0.25, 0.3) is 11.5 Å². The molecular weight excluding hydrogens is 208 g/mol. The Kier molecular flexibility index (Phi) is 2.55. The second-order valence-corrected chi connectivity index (χ2v) is 3.35. The fraction of sp³-hybridized carbons (Fsp3) is 0.100. The number of rotatable bonds is 2. The lowest BCUT2D eigenvalue weighted by molar-refractivity contribution is 0.102. The van der Waals surface area contributed by atoms with E-state index in [0.29, 0.717) is 5.69 Å². The first-order chi connectivity index (χ1) is 7.66. The number of hydrogen-bond donors (Lipinski definition) is 3. The maximum absolute atomic E-state index is 11.6. The van der Waals surface area contributed by atoms with Gasteiger partial charge in [0.1, 0.15) is 0 Å². The summed E-state index contributed by atoms with van der Waals surface area (Å²) in [7, 11) is 0. The Morgan fingerprint density at radius 2 is 2.00 bits per heavy atom. The van der Waals surface area contributed by atoms with Gasteiger partial charge in [0.2, 0.25) is 5.69 Å². The van der Waals surface area contributed by atoms with E-state index < -0.39 is 11.5 Å². The zero-order valence-electron chi connectivity index (χ0n) is 8.57. The molecule has 6 nitrogen and oxygen atoms in total. The number of hydrogen-bond acceptors (Lipinski definition) is 3. The van der Waals surface area contributed by atoms with E-state index in [4.69, 9.17) is 0 Å². The minimum atomic E-state index is -0.537. The predicted octanol–water partition coefficient (Wildman–Crippen LogP) is 0.659. The molecule has 0 aliphatic rings. The van der Waals surface area contributed by atoms with Crippen LogP contribution in [0, 0.1) is 6.92 Å². The number of aromatic amines is 2. The van der Waals surface area contributed by atoms with Gasteiger partial charge in [0, 0.05) is 5.69 Å². The van der Waals surface area contributed by atoms with Crippen molar-refractivity contribution in [2.45, 2.75) is 6.92 Å². The number of aryl methyl sites for hydroxylation is 1. The van der Waals surface area contributed by atoms with Crippen molar-refractivity contribution < 1.29 is 4.79 Å². The quantitative estimate of drug-likeness (QED) is 0.691. The predicted molar refractivity (Wildman–Crippen MR) is 58.3 cm³/mol. The number of benzene rings is 1. The van der Waals surface area contributed by atoms with Gasteiger partial charge in [-0.2, -0.15) is 0 Å². The van der Waals surface area contributed by atoms with Crippen LogP contribution in [0.2, 0.25) is 0 Å². The van der Waals surface area contributed by atoms with Crippen LogP contribution in [0.1, 0.15) is 16.1 Å². The van der Waals surface area contributed by atoms with E-state index in [1.54, 1.807) is 12.1 Å². The molecule has 0 saturated heterocycles. The molecule has 3 N–H and O–H groups in total. The Bertz CT molecular complexity index is 553. The fourth-order valence-electron chi connectivity index (χ4n) is 1.23. The number of H-pyrrole nitrogens is 2. The van der Waals surface area contributed by atoms with Crippen LogP contribution >= 0.6 is 0 Å². The highest BCUT2D eigenvalue weighted by molar-refractivity contribution is 6.02. The summed E-state index contributed by atoms with van der Waals surface area (Å²) < 4.78 is 0. The van der Waals surface area contributed by atoms with E-state index in [0.717, 1.165) is 5.56 Å². The zero-order chi connectivity index (χ0) is 11.5. The molecular formula is C10H10N4O2. The monoisotopic (exact) mass is 218 g/mol. The summed E-state index contributed by atoms with van der Waals surface area (Å²) in [4.78, 5) is 22.7. The van der Waals surface area contributed by atoms with Crippen molar-refractivity contribution in [3.05, 3.63) is 45.9 Å². The Labute approximate surface area is 90.7 Å². The number of anilines is 1. The molecule has 1 aromatic heterocycles. The molecule has 0 spiro atoms. The summed E-state index contributed by atoms with van der Waals surface area (Å²) in [6.45, 7) is 1.95. The Morgan fingerprint density at radius 3 is 2.56 bits per heavy atom. The molecule has 6 heteroatoms. The summed E-state index contributed by atoms with van der Waals surface area (Å²) >= 11 is 0. The summed E-state index contributed by atoms with van der Waals surface area (Å²) in [5.41, 5.74) is 0.999. The molecule has 0 aliphatic heterocycles. The van der Waals surface area contributed by atoms with Crippen molar-refractivity contribution in [2.24, 2.45) is 0 Å². The molecule has 0 bridgehead atoms. The van der Waals surface area contributed by atoms with Crippen LogP contribution in [0.15, 0.2) is 29.1 Å². The van der Waals surface area contributed by atoms with Crippen molar-refractivity contribution in [2.75, 3.05) is 5.32 Å². The zero-order valence-corrected chi connectivity index (χ0v) is 8.57. The van der Waals surface area contributed by atoms with E-state index in [2.05, 4.69) is 20.7 Å². The highest BCUT2D eigenvalue weighted by Crippen LogP contribution is 2.08. The van der Waals surface area contributed by atoms with Gasteiger partial charge in [-0.1, -0.05) is 17.7 Å². The maximum atomic E-state index is 11.6. The Balaban J connectivity index is 2.17. The van der Waals surface area contributed by atoms with Crippen molar-refractivity contribution in [3.63, 3.8) is 0 Å². The largest absolute Gasteiger partial charge is 0.320 e. The van der Waals surface area contributed by atoms with E-state index in [-0.39, 0.29) is 5.69 Å². The number of amides is 1. The number of carbonyl (C=O) groups excluding carboxylic acids is 1. The normalized spacial score (nSPS) is 10.1. The molecule has 0 aliphatic carbocycles. The number of nitrogens with one attached hydrogen (secondary N) is 3. The van der Waals surface area contributed by atoms with Crippen molar-refractivity contribution in [1.82, 2.24) is 15.4 Å². The average Bonchev–Trinajstić information content (AvgIpc) is 2.68. The minimum Gasteiger partial charge on any atom is -0.320 e. The molecule has 16 heavy (non-hydrogen) atoms. The summed E-state index contributed by atoms with van der Waals surface area (Å²) in [6, 6.07) is 7.25. The molecule has 2 rings (SSSR count). The second-order valence-electron chi connectivity index (χ2n) is 3.35. The summed E-state index contributed by atoms with van der Waals surface area (Å²) in [5.74, 6) is -0.536. The van der Waals surface area contributed by atoms with Crippen molar-refractivity contribution in [3.8, 4) is 0 Å². The Morgan fingerprint density at radius 1 is 1.31 bits per heavy atom. The number of aromatic nitrogens is 3. The van der Waals surface area contributed by atoms with Gasteiger partial charge in [-0.15, -0.1) is 5.10 Å². The van der Waals surface area contributed by atoms with Gasteiger partial charge in [0.05, 0.1) is 0 Å². The number of nitrogens with zero attached hydrogens (tertiary/aromatic N) is 1. The summed E-state index contributed by atoms with van der Waals surface area (Å²) in [5, 5.41) is 10.5. The first kappa shape index (κ1) is 10.2. The van der Waals surface area contributed by atoms with Crippen LogP contribution in [-0.2, 0) is 0 Å². The van der Waals surface area contributed by atoms with Crippen molar-refractivity contribution in [1.29, 1.82) is 0 Å². The molecule has 82 valence electrons. The first-order valence-electron chi connectivity index (χ1n) is 4.68. The first-order valence-corrected chi connectivity index (χ1v) is 4.68. The molecule has 1 aromatic carbocycles. The standard InChI is InChI=1S/C10H10N4O2/c1-6-2-4-7(5-3-6)11-9(15)8-10(16)13-14-12-8/h2-5H,1H3,(H,11,15)(H2,12,13,14,16). The topological polar surface area (TPSA) is 90.6 Å². The van der Waals surface area contributed by atoms with Crippen LogP contribution < -0.4 is 10.9 Å². The lowest BCUT2D eigenvalue weighted by Gasteiger charge is -2.02. The number of carbonyl (C=O) groups is 1. The van der Waals surface area contributed by atoms with Crippen LogP contribution in [0.4, 0.5) is 5.69 Å². The lowest BCUT2D eigenvalue weighted by atomic mass is 10.2. The van der Waals surface area contributed by atoms with Crippen LogP contribution in [0.25, 0.3) is 0 Å². The fourth-order valence-corrected chi connectivity index (χ4v) is 1.23. The van der Waals surface area contributed by atoms with Gasteiger partial charge in [-0.3, -0.25) is 9.59 Å². The molecule has 1 heterocycles. The van der Waals surface area contributed by atoms with Crippen LogP contribution in [0.5, 0.6) is 0 Å². The van der Waals surface area contributed by atoms with Crippen LogP contribution in [0.3, 0.4) is 0 Å². The van der Waals surface area contributed by atoms with Gasteiger partial charge >= 0.3 is 0 Å².